The quantitative estimate of drug-likeness (QED) is 0.419. The van der Waals surface area contributed by atoms with Crippen LogP contribution >= 0.6 is 0 Å². The standard InChI is InChI=1S/C26H37NO3Se/c1-24(2)14-18(15-31-21-19-12-13-26(5,22(21)28)25(19,3)4)27(16-24)20(23(29)30-6)17-10-8-7-9-11-17/h7-11,18-21H,12-16H2,1-6H3/t18-,19-,20-,21+,26+/m1/s1. The number of nitrogens with zero attached hydrogens (tertiary/aromatic N) is 1. The number of ketones is 1. The molecule has 170 valence electrons. The molecular formula is C26H37NO3Se. The molecule has 0 N–H and O–H groups in total. The average molecular weight is 491 g/mol. The monoisotopic (exact) mass is 491 g/mol. The Morgan fingerprint density at radius 1 is 1.19 bits per heavy atom. The van der Waals surface area contributed by atoms with Crippen LogP contribution in [0.4, 0.5) is 0 Å². The number of esters is 1. The zero-order valence-electron chi connectivity index (χ0n) is 19.8. The summed E-state index contributed by atoms with van der Waals surface area (Å²) in [4.78, 5) is 28.8. The Balaban J connectivity index is 1.56. The molecule has 1 aliphatic heterocycles. The average Bonchev–Trinajstić information content (AvgIpc) is 3.20. The van der Waals surface area contributed by atoms with E-state index in [1.165, 1.54) is 13.5 Å². The first-order chi connectivity index (χ1) is 14.5. The fourth-order valence-electron chi connectivity index (χ4n) is 6.52. The molecule has 1 saturated heterocycles. The van der Waals surface area contributed by atoms with Gasteiger partial charge in [0.2, 0.25) is 0 Å². The summed E-state index contributed by atoms with van der Waals surface area (Å²) < 4.78 is 5.24. The Bertz CT molecular complexity index is 851. The first kappa shape index (κ1) is 23.0. The second-order valence-corrected chi connectivity index (χ2v) is 13.8. The predicted molar refractivity (Wildman–Crippen MR) is 124 cm³/mol. The fraction of sp³-hybridized carbons (Fsp3) is 0.692. The van der Waals surface area contributed by atoms with Gasteiger partial charge in [-0.25, -0.2) is 0 Å². The molecular weight excluding hydrogens is 453 g/mol. The molecule has 1 aromatic carbocycles. The van der Waals surface area contributed by atoms with Crippen LogP contribution in [0.2, 0.25) is 10.1 Å². The van der Waals surface area contributed by atoms with Crippen LogP contribution in [0.25, 0.3) is 0 Å². The molecule has 4 nitrogen and oxygen atoms in total. The zero-order valence-corrected chi connectivity index (χ0v) is 21.5. The number of hydrogen-bond donors (Lipinski definition) is 0. The summed E-state index contributed by atoms with van der Waals surface area (Å²) in [6.07, 6.45) is 3.30. The van der Waals surface area contributed by atoms with Gasteiger partial charge in [0.05, 0.1) is 0 Å². The normalized spacial score (nSPS) is 34.8. The van der Waals surface area contributed by atoms with E-state index in [-0.39, 0.29) is 48.0 Å². The van der Waals surface area contributed by atoms with Gasteiger partial charge in [-0.05, 0) is 0 Å². The van der Waals surface area contributed by atoms with Crippen molar-refractivity contribution in [1.29, 1.82) is 0 Å². The molecule has 3 aliphatic rings. The van der Waals surface area contributed by atoms with E-state index in [0.717, 1.165) is 30.3 Å². The van der Waals surface area contributed by atoms with Crippen molar-refractivity contribution in [3.63, 3.8) is 0 Å². The van der Waals surface area contributed by atoms with E-state index in [4.69, 9.17) is 4.74 Å². The van der Waals surface area contributed by atoms with Gasteiger partial charge in [-0.15, -0.1) is 0 Å². The molecule has 0 unspecified atom stereocenters. The van der Waals surface area contributed by atoms with Gasteiger partial charge in [-0.1, -0.05) is 0 Å². The van der Waals surface area contributed by atoms with Gasteiger partial charge < -0.3 is 0 Å². The van der Waals surface area contributed by atoms with Crippen LogP contribution in [0.5, 0.6) is 0 Å². The second kappa shape index (κ2) is 8.01. The Labute approximate surface area is 193 Å². The van der Waals surface area contributed by atoms with Crippen molar-refractivity contribution in [1.82, 2.24) is 4.90 Å². The number of carbonyl (C=O) groups excluding carboxylic acids is 2. The molecule has 2 bridgehead atoms. The summed E-state index contributed by atoms with van der Waals surface area (Å²) in [5.74, 6) is 0.856. The number of rotatable bonds is 6. The first-order valence-electron chi connectivity index (χ1n) is 11.6. The third-order valence-electron chi connectivity index (χ3n) is 8.68. The maximum absolute atomic E-state index is 13.4. The van der Waals surface area contributed by atoms with E-state index in [2.05, 4.69) is 39.5 Å². The van der Waals surface area contributed by atoms with Crippen LogP contribution in [-0.2, 0) is 14.3 Å². The first-order valence-corrected chi connectivity index (χ1v) is 13.8. The van der Waals surface area contributed by atoms with Gasteiger partial charge in [0.1, 0.15) is 0 Å². The van der Waals surface area contributed by atoms with Gasteiger partial charge in [0.15, 0.2) is 0 Å². The van der Waals surface area contributed by atoms with Crippen LogP contribution in [-0.4, -0.2) is 51.3 Å². The zero-order chi connectivity index (χ0) is 22.6. The third-order valence-corrected chi connectivity index (χ3v) is 11.8. The van der Waals surface area contributed by atoms with Crippen molar-refractivity contribution < 1.29 is 14.3 Å². The van der Waals surface area contributed by atoms with Crippen LogP contribution < -0.4 is 0 Å². The van der Waals surface area contributed by atoms with Gasteiger partial charge in [0, 0.05) is 0 Å². The number of likely N-dealkylation sites (tertiary alicyclic amines) is 1. The van der Waals surface area contributed by atoms with Crippen molar-refractivity contribution in [2.75, 3.05) is 13.7 Å². The summed E-state index contributed by atoms with van der Waals surface area (Å²) in [5, 5.41) is 1.02. The van der Waals surface area contributed by atoms with E-state index < -0.39 is 0 Å². The Kier molecular flexibility index (Phi) is 5.94. The van der Waals surface area contributed by atoms with E-state index in [0.29, 0.717) is 17.7 Å². The fourth-order valence-corrected chi connectivity index (χ4v) is 10.4. The van der Waals surface area contributed by atoms with Crippen LogP contribution in [0, 0.1) is 22.2 Å². The number of ether oxygens (including phenoxy) is 1. The molecule has 0 aromatic heterocycles. The predicted octanol–water partition coefficient (Wildman–Crippen LogP) is 4.94. The van der Waals surface area contributed by atoms with Crippen molar-refractivity contribution >= 4 is 26.7 Å². The molecule has 0 amide bonds. The molecule has 1 aromatic rings. The number of Topliss-reactive ketones (excluding diaryl/α,β-unsaturated/α-hetero) is 1. The van der Waals surface area contributed by atoms with Gasteiger partial charge >= 0.3 is 194 Å². The van der Waals surface area contributed by atoms with Crippen molar-refractivity contribution in [2.45, 2.75) is 76.1 Å². The van der Waals surface area contributed by atoms with Crippen molar-refractivity contribution in [3.05, 3.63) is 35.9 Å². The van der Waals surface area contributed by atoms with E-state index in [1.807, 2.05) is 30.3 Å². The molecule has 5 atom stereocenters. The molecule has 31 heavy (non-hydrogen) atoms. The molecule has 3 fully saturated rings. The minimum absolute atomic E-state index is 0.115. The molecule has 0 radical (unpaired) electrons. The number of benzene rings is 1. The molecule has 2 saturated carbocycles. The second-order valence-electron chi connectivity index (χ2n) is 11.3. The minimum atomic E-state index is -0.376. The Morgan fingerprint density at radius 3 is 2.45 bits per heavy atom. The number of hydrogen-bond acceptors (Lipinski definition) is 4. The molecule has 0 spiro atoms. The van der Waals surface area contributed by atoms with Crippen LogP contribution in [0.15, 0.2) is 30.3 Å². The summed E-state index contributed by atoms with van der Waals surface area (Å²) >= 11 is 0.248. The van der Waals surface area contributed by atoms with Gasteiger partial charge in [-0.3, -0.25) is 0 Å². The molecule has 2 aliphatic carbocycles. The van der Waals surface area contributed by atoms with E-state index in [1.54, 1.807) is 0 Å². The number of fused-ring (bicyclic) bond motifs is 2. The molecule has 1 heterocycles. The van der Waals surface area contributed by atoms with Crippen LogP contribution in [0.3, 0.4) is 0 Å². The number of carbonyl (C=O) groups is 2. The van der Waals surface area contributed by atoms with Crippen molar-refractivity contribution in [3.8, 4) is 0 Å². The Morgan fingerprint density at radius 2 is 1.87 bits per heavy atom. The maximum atomic E-state index is 13.4. The Hall–Kier alpha value is -1.16. The van der Waals surface area contributed by atoms with Crippen molar-refractivity contribution in [2.24, 2.45) is 22.2 Å². The SMILES string of the molecule is COC(=O)[C@@H](c1ccccc1)N1CC(C)(C)C[C@@H]1C[Se][C@@H]1C(=O)[C@]2(C)CC[C@H]1C2(C)C. The van der Waals surface area contributed by atoms with Gasteiger partial charge in [-0.2, -0.15) is 0 Å². The van der Waals surface area contributed by atoms with Crippen LogP contribution in [0.1, 0.15) is 65.5 Å². The molecule has 4 rings (SSSR count). The summed E-state index contributed by atoms with van der Waals surface area (Å²) in [5.41, 5.74) is 1.11. The molecule has 5 heteroatoms. The topological polar surface area (TPSA) is 46.6 Å². The third kappa shape index (κ3) is 3.71. The van der Waals surface area contributed by atoms with E-state index in [9.17, 15) is 9.59 Å². The summed E-state index contributed by atoms with van der Waals surface area (Å²) in [6, 6.07) is 9.94. The summed E-state index contributed by atoms with van der Waals surface area (Å²) in [7, 11) is 1.48. The number of methoxy groups -OCH3 is 1. The summed E-state index contributed by atoms with van der Waals surface area (Å²) in [6.45, 7) is 12.3. The van der Waals surface area contributed by atoms with E-state index >= 15 is 0 Å². The van der Waals surface area contributed by atoms with Gasteiger partial charge in [0.25, 0.3) is 0 Å².